The number of aromatic nitrogens is 2. The summed E-state index contributed by atoms with van der Waals surface area (Å²) in [5.41, 5.74) is 0.571. The molecule has 0 amide bonds. The first kappa shape index (κ1) is 15.7. The van der Waals surface area contributed by atoms with E-state index in [1.54, 1.807) is 13.0 Å². The fourth-order valence-electron chi connectivity index (χ4n) is 1.47. The van der Waals surface area contributed by atoms with Crippen molar-refractivity contribution < 1.29 is 24.5 Å². The second kappa shape index (κ2) is 7.27. The van der Waals surface area contributed by atoms with E-state index in [1.807, 2.05) is 6.92 Å². The first-order chi connectivity index (χ1) is 9.42. The van der Waals surface area contributed by atoms with Gasteiger partial charge in [0.15, 0.2) is 0 Å². The van der Waals surface area contributed by atoms with Crippen molar-refractivity contribution in [2.45, 2.75) is 20.3 Å². The van der Waals surface area contributed by atoms with Crippen LogP contribution in [0.25, 0.3) is 0 Å². The second-order valence-corrected chi connectivity index (χ2v) is 4.14. The van der Waals surface area contributed by atoms with Gasteiger partial charge < -0.3 is 19.8 Å². The van der Waals surface area contributed by atoms with Gasteiger partial charge in [0.25, 0.3) is 0 Å². The van der Waals surface area contributed by atoms with Crippen LogP contribution in [0.2, 0.25) is 0 Å². The number of aryl methyl sites for hydroxylation is 1. The quantitative estimate of drug-likeness (QED) is 0.711. The lowest BCUT2D eigenvalue weighted by Crippen LogP contribution is -2.35. The van der Waals surface area contributed by atoms with E-state index in [0.29, 0.717) is 18.2 Å². The highest BCUT2D eigenvalue weighted by molar-refractivity contribution is 5.78. The van der Waals surface area contributed by atoms with E-state index in [9.17, 15) is 9.59 Å². The molecule has 8 nitrogen and oxygen atoms in total. The molecule has 0 atom stereocenters. The lowest BCUT2D eigenvalue weighted by atomic mass is 10.4. The molecule has 2 N–H and O–H groups in total. The zero-order valence-electron chi connectivity index (χ0n) is 11.4. The predicted octanol–water partition coefficient (Wildman–Crippen LogP) is 0.549. The molecule has 0 aliphatic carbocycles. The molecular formula is C12H17N3O5. The van der Waals surface area contributed by atoms with E-state index < -0.39 is 25.0 Å². The fraction of sp³-hybridized carbons (Fsp3) is 0.500. The molecule has 1 rings (SSSR count). The van der Waals surface area contributed by atoms with Gasteiger partial charge in [0.2, 0.25) is 11.8 Å². The number of carboxylic acids is 2. The molecule has 1 aromatic rings. The van der Waals surface area contributed by atoms with Gasteiger partial charge in [-0.05, 0) is 13.3 Å². The van der Waals surface area contributed by atoms with Crippen molar-refractivity contribution in [3.63, 3.8) is 0 Å². The number of aliphatic carboxylic acids is 2. The maximum Gasteiger partial charge on any atom is 0.323 e. The van der Waals surface area contributed by atoms with Gasteiger partial charge >= 0.3 is 11.9 Å². The molecule has 8 heteroatoms. The number of hydrogen-bond donors (Lipinski definition) is 2. The highest BCUT2D eigenvalue weighted by Crippen LogP contribution is 2.15. The molecule has 0 aromatic carbocycles. The fourth-order valence-corrected chi connectivity index (χ4v) is 1.47. The third kappa shape index (κ3) is 5.09. The molecule has 0 radical (unpaired) electrons. The number of hydrogen-bond acceptors (Lipinski definition) is 6. The van der Waals surface area contributed by atoms with Gasteiger partial charge in [-0.2, -0.15) is 4.98 Å². The van der Waals surface area contributed by atoms with Crippen molar-refractivity contribution in [3.05, 3.63) is 11.8 Å². The lowest BCUT2D eigenvalue weighted by molar-refractivity contribution is -0.136. The zero-order chi connectivity index (χ0) is 15.1. The third-order valence-corrected chi connectivity index (χ3v) is 2.21. The Kier molecular flexibility index (Phi) is 5.70. The van der Waals surface area contributed by atoms with E-state index in [0.717, 1.165) is 11.3 Å². The maximum atomic E-state index is 10.8. The SMILES string of the molecule is CCCOc1cc(C)nc(N(CC(=O)O)CC(=O)O)n1. The molecular weight excluding hydrogens is 266 g/mol. The summed E-state index contributed by atoms with van der Waals surface area (Å²) in [7, 11) is 0. The molecule has 0 fully saturated rings. The van der Waals surface area contributed by atoms with Crippen molar-refractivity contribution in [3.8, 4) is 5.88 Å². The lowest BCUT2D eigenvalue weighted by Gasteiger charge is -2.19. The summed E-state index contributed by atoms with van der Waals surface area (Å²) in [6.45, 7) is 3.11. The van der Waals surface area contributed by atoms with Crippen LogP contribution in [0.5, 0.6) is 5.88 Å². The number of carboxylic acid groups (broad SMARTS) is 2. The van der Waals surface area contributed by atoms with E-state index in [2.05, 4.69) is 9.97 Å². The Morgan fingerprint density at radius 3 is 2.35 bits per heavy atom. The Morgan fingerprint density at radius 1 is 1.25 bits per heavy atom. The second-order valence-electron chi connectivity index (χ2n) is 4.14. The molecule has 0 spiro atoms. The summed E-state index contributed by atoms with van der Waals surface area (Å²) in [5.74, 6) is -1.99. The highest BCUT2D eigenvalue weighted by atomic mass is 16.5. The number of anilines is 1. The van der Waals surface area contributed by atoms with Crippen molar-refractivity contribution in [2.24, 2.45) is 0 Å². The molecule has 0 saturated heterocycles. The molecule has 0 aliphatic heterocycles. The molecule has 0 bridgehead atoms. The summed E-state index contributed by atoms with van der Waals surface area (Å²) >= 11 is 0. The topological polar surface area (TPSA) is 113 Å². The summed E-state index contributed by atoms with van der Waals surface area (Å²) in [6.07, 6.45) is 0.798. The smallest absolute Gasteiger partial charge is 0.323 e. The van der Waals surface area contributed by atoms with E-state index in [-0.39, 0.29) is 5.95 Å². The summed E-state index contributed by atoms with van der Waals surface area (Å²) in [4.78, 5) is 30.7. The van der Waals surface area contributed by atoms with Crippen LogP contribution in [0, 0.1) is 6.92 Å². The summed E-state index contributed by atoms with van der Waals surface area (Å²) in [6, 6.07) is 1.61. The minimum Gasteiger partial charge on any atom is -0.480 e. The van der Waals surface area contributed by atoms with E-state index in [4.69, 9.17) is 14.9 Å². The molecule has 0 aliphatic rings. The Labute approximate surface area is 116 Å². The molecule has 0 saturated carbocycles. The number of ether oxygens (including phenoxy) is 1. The van der Waals surface area contributed by atoms with Crippen LogP contribution in [-0.4, -0.2) is 51.8 Å². The number of carbonyl (C=O) groups is 2. The van der Waals surface area contributed by atoms with Crippen molar-refractivity contribution >= 4 is 17.9 Å². The average Bonchev–Trinajstić information content (AvgIpc) is 2.33. The highest BCUT2D eigenvalue weighted by Gasteiger charge is 2.18. The van der Waals surface area contributed by atoms with Gasteiger partial charge in [0.1, 0.15) is 13.1 Å². The van der Waals surface area contributed by atoms with Crippen LogP contribution in [0.3, 0.4) is 0 Å². The molecule has 1 aromatic heterocycles. The van der Waals surface area contributed by atoms with Crippen LogP contribution in [0.1, 0.15) is 19.0 Å². The van der Waals surface area contributed by atoms with Crippen molar-refractivity contribution in [1.29, 1.82) is 0 Å². The van der Waals surface area contributed by atoms with Gasteiger partial charge in [0, 0.05) is 11.8 Å². The normalized spacial score (nSPS) is 10.1. The largest absolute Gasteiger partial charge is 0.480 e. The molecule has 20 heavy (non-hydrogen) atoms. The first-order valence-electron chi connectivity index (χ1n) is 6.09. The van der Waals surface area contributed by atoms with Crippen molar-refractivity contribution in [1.82, 2.24) is 9.97 Å². The van der Waals surface area contributed by atoms with Gasteiger partial charge in [-0.3, -0.25) is 9.59 Å². The Bertz CT molecular complexity index is 476. The van der Waals surface area contributed by atoms with Gasteiger partial charge in [-0.25, -0.2) is 4.98 Å². The van der Waals surface area contributed by atoms with Gasteiger partial charge in [-0.1, -0.05) is 6.92 Å². The monoisotopic (exact) mass is 283 g/mol. The van der Waals surface area contributed by atoms with Gasteiger partial charge in [0.05, 0.1) is 6.61 Å². The van der Waals surface area contributed by atoms with Crippen LogP contribution in [0.15, 0.2) is 6.07 Å². The standard InChI is InChI=1S/C12H17N3O5/c1-3-4-20-9-5-8(2)13-12(14-9)15(6-10(16)17)7-11(18)19/h5H,3-4,6-7H2,1-2H3,(H,16,17)(H,18,19). The predicted molar refractivity (Wildman–Crippen MR) is 70.0 cm³/mol. The maximum absolute atomic E-state index is 10.8. The molecule has 1 heterocycles. The average molecular weight is 283 g/mol. The Morgan fingerprint density at radius 2 is 1.85 bits per heavy atom. The van der Waals surface area contributed by atoms with Crippen LogP contribution < -0.4 is 9.64 Å². The zero-order valence-corrected chi connectivity index (χ0v) is 11.4. The number of nitrogens with zero attached hydrogens (tertiary/aromatic N) is 3. The van der Waals surface area contributed by atoms with Crippen molar-refractivity contribution in [2.75, 3.05) is 24.6 Å². The third-order valence-electron chi connectivity index (χ3n) is 2.21. The minimum absolute atomic E-state index is 0.0286. The molecule has 0 unspecified atom stereocenters. The van der Waals surface area contributed by atoms with E-state index in [1.165, 1.54) is 0 Å². The molecule has 110 valence electrons. The summed E-state index contributed by atoms with van der Waals surface area (Å²) < 4.78 is 5.36. The Hall–Kier alpha value is -2.38. The Balaban J connectivity index is 3.01. The van der Waals surface area contributed by atoms with Gasteiger partial charge in [-0.15, -0.1) is 0 Å². The van der Waals surface area contributed by atoms with Crippen LogP contribution in [-0.2, 0) is 9.59 Å². The summed E-state index contributed by atoms with van der Waals surface area (Å²) in [5, 5.41) is 17.6. The van der Waals surface area contributed by atoms with Crippen LogP contribution in [0.4, 0.5) is 5.95 Å². The van der Waals surface area contributed by atoms with Crippen LogP contribution >= 0.6 is 0 Å². The van der Waals surface area contributed by atoms with E-state index >= 15 is 0 Å². The minimum atomic E-state index is -1.16. The number of rotatable bonds is 8. The first-order valence-corrected chi connectivity index (χ1v) is 6.09.